The summed E-state index contributed by atoms with van der Waals surface area (Å²) in [6.07, 6.45) is 4.33. The van der Waals surface area contributed by atoms with Gasteiger partial charge < -0.3 is 15.0 Å². The molecule has 160 valence electrons. The maximum atomic E-state index is 13.1. The molecule has 0 radical (unpaired) electrons. The first-order valence-electron chi connectivity index (χ1n) is 10.8. The van der Waals surface area contributed by atoms with Gasteiger partial charge in [0.15, 0.2) is 6.61 Å². The number of nitrogens with one attached hydrogen (secondary N) is 1. The number of aryl methyl sites for hydroxylation is 2. The molecule has 3 rings (SSSR count). The summed E-state index contributed by atoms with van der Waals surface area (Å²) in [7, 11) is 0. The van der Waals surface area contributed by atoms with E-state index in [0.717, 1.165) is 42.4 Å². The van der Waals surface area contributed by atoms with Gasteiger partial charge >= 0.3 is 0 Å². The van der Waals surface area contributed by atoms with Crippen molar-refractivity contribution in [2.24, 2.45) is 0 Å². The molecule has 5 nitrogen and oxygen atoms in total. The molecule has 0 bridgehead atoms. The molecule has 1 N–H and O–H groups in total. The molecular weight excluding hydrogens is 376 g/mol. The second-order valence-electron chi connectivity index (χ2n) is 8.28. The second kappa shape index (κ2) is 10.3. The average molecular weight is 409 g/mol. The van der Waals surface area contributed by atoms with Crippen LogP contribution in [0.1, 0.15) is 49.3 Å². The molecule has 1 atom stereocenters. The van der Waals surface area contributed by atoms with E-state index in [9.17, 15) is 9.59 Å². The Hall–Kier alpha value is -2.82. The molecule has 0 heterocycles. The van der Waals surface area contributed by atoms with Gasteiger partial charge in [-0.25, -0.2) is 0 Å². The minimum atomic E-state index is -0.570. The number of benzene rings is 2. The van der Waals surface area contributed by atoms with Crippen LogP contribution in [-0.4, -0.2) is 35.4 Å². The van der Waals surface area contributed by atoms with Gasteiger partial charge in [0.1, 0.15) is 11.8 Å². The van der Waals surface area contributed by atoms with Gasteiger partial charge in [0, 0.05) is 12.6 Å². The van der Waals surface area contributed by atoms with Crippen molar-refractivity contribution in [1.82, 2.24) is 10.2 Å². The molecule has 2 aromatic rings. The summed E-state index contributed by atoms with van der Waals surface area (Å²) in [5.74, 6) is 0.354. The fourth-order valence-electron chi connectivity index (χ4n) is 3.91. The maximum Gasteiger partial charge on any atom is 0.261 e. The molecule has 1 aliphatic carbocycles. The third-order valence-electron chi connectivity index (χ3n) is 5.66. The topological polar surface area (TPSA) is 58.6 Å². The SMILES string of the molecule is Cc1cccc(CN(C(=O)COc2cccc(C)c2)C(C)C(=O)NC2CCCC2)c1. The van der Waals surface area contributed by atoms with Gasteiger partial charge in [-0.2, -0.15) is 0 Å². The molecule has 0 aromatic heterocycles. The highest BCUT2D eigenvalue weighted by atomic mass is 16.5. The van der Waals surface area contributed by atoms with Crippen LogP contribution in [0.5, 0.6) is 5.75 Å². The lowest BCUT2D eigenvalue weighted by molar-refractivity contribution is -0.142. The zero-order valence-electron chi connectivity index (χ0n) is 18.2. The number of hydrogen-bond acceptors (Lipinski definition) is 3. The minimum absolute atomic E-state index is 0.0986. The first-order valence-corrected chi connectivity index (χ1v) is 10.8. The molecule has 2 amide bonds. The average Bonchev–Trinajstić information content (AvgIpc) is 3.23. The smallest absolute Gasteiger partial charge is 0.261 e. The first-order chi connectivity index (χ1) is 14.4. The molecule has 0 saturated heterocycles. The van der Waals surface area contributed by atoms with Gasteiger partial charge in [0.2, 0.25) is 5.91 Å². The molecule has 2 aromatic carbocycles. The Kier molecular flexibility index (Phi) is 7.50. The third-order valence-corrected chi connectivity index (χ3v) is 5.66. The number of rotatable bonds is 8. The van der Waals surface area contributed by atoms with E-state index in [1.807, 2.05) is 62.4 Å². The molecular formula is C25H32N2O3. The van der Waals surface area contributed by atoms with E-state index in [4.69, 9.17) is 4.74 Å². The Morgan fingerprint density at radius 3 is 2.40 bits per heavy atom. The van der Waals surface area contributed by atoms with Crippen LogP contribution < -0.4 is 10.1 Å². The highest BCUT2D eigenvalue weighted by molar-refractivity contribution is 5.88. The van der Waals surface area contributed by atoms with Gasteiger partial charge in [0.25, 0.3) is 5.91 Å². The van der Waals surface area contributed by atoms with Crippen LogP contribution in [0.2, 0.25) is 0 Å². The zero-order valence-corrected chi connectivity index (χ0v) is 18.2. The maximum absolute atomic E-state index is 13.1. The summed E-state index contributed by atoms with van der Waals surface area (Å²) >= 11 is 0. The highest BCUT2D eigenvalue weighted by Gasteiger charge is 2.28. The number of amides is 2. The standard InChI is InChI=1S/C25H32N2O3/c1-18-8-6-10-21(14-18)16-27(20(3)25(29)26-22-11-4-5-12-22)24(28)17-30-23-13-7-9-19(2)15-23/h6-10,13-15,20,22H,4-5,11-12,16-17H2,1-3H3,(H,26,29). The third kappa shape index (κ3) is 6.09. The van der Waals surface area contributed by atoms with E-state index >= 15 is 0 Å². The van der Waals surface area contributed by atoms with Crippen molar-refractivity contribution in [2.75, 3.05) is 6.61 Å². The zero-order chi connectivity index (χ0) is 21.5. The Morgan fingerprint density at radius 2 is 1.73 bits per heavy atom. The number of ether oxygens (including phenoxy) is 1. The van der Waals surface area contributed by atoms with Crippen LogP contribution >= 0.6 is 0 Å². The van der Waals surface area contributed by atoms with Crippen LogP contribution in [-0.2, 0) is 16.1 Å². The van der Waals surface area contributed by atoms with Crippen LogP contribution in [0.4, 0.5) is 0 Å². The second-order valence-corrected chi connectivity index (χ2v) is 8.28. The summed E-state index contributed by atoms with van der Waals surface area (Å²) in [5, 5.41) is 3.12. The Bertz CT molecular complexity index is 874. The van der Waals surface area contributed by atoms with E-state index in [0.29, 0.717) is 12.3 Å². The summed E-state index contributed by atoms with van der Waals surface area (Å²) in [6.45, 7) is 6.07. The van der Waals surface area contributed by atoms with Gasteiger partial charge in [-0.05, 0) is 56.9 Å². The Balaban J connectivity index is 1.71. The predicted octanol–water partition coefficient (Wildman–Crippen LogP) is 4.16. The lowest BCUT2D eigenvalue weighted by Crippen LogP contribution is -2.50. The molecule has 0 spiro atoms. The molecule has 1 fully saturated rings. The largest absolute Gasteiger partial charge is 0.484 e. The van der Waals surface area contributed by atoms with E-state index in [1.165, 1.54) is 0 Å². The molecule has 1 unspecified atom stereocenters. The van der Waals surface area contributed by atoms with Crippen molar-refractivity contribution in [3.8, 4) is 5.75 Å². The van der Waals surface area contributed by atoms with Crippen molar-refractivity contribution in [2.45, 2.75) is 65.1 Å². The van der Waals surface area contributed by atoms with Crippen molar-refractivity contribution < 1.29 is 14.3 Å². The molecule has 1 aliphatic rings. The van der Waals surface area contributed by atoms with Crippen LogP contribution in [0.25, 0.3) is 0 Å². The minimum Gasteiger partial charge on any atom is -0.484 e. The van der Waals surface area contributed by atoms with Gasteiger partial charge in [-0.1, -0.05) is 54.8 Å². The molecule has 30 heavy (non-hydrogen) atoms. The van der Waals surface area contributed by atoms with Crippen LogP contribution in [0, 0.1) is 13.8 Å². The highest BCUT2D eigenvalue weighted by Crippen LogP contribution is 2.19. The number of carbonyl (C=O) groups excluding carboxylic acids is 2. The fourth-order valence-corrected chi connectivity index (χ4v) is 3.91. The Labute approximate surface area is 179 Å². The lowest BCUT2D eigenvalue weighted by Gasteiger charge is -2.29. The van der Waals surface area contributed by atoms with Gasteiger partial charge in [-0.15, -0.1) is 0 Å². The predicted molar refractivity (Wildman–Crippen MR) is 118 cm³/mol. The van der Waals surface area contributed by atoms with Crippen molar-refractivity contribution in [3.63, 3.8) is 0 Å². The van der Waals surface area contributed by atoms with E-state index in [1.54, 1.807) is 11.8 Å². The lowest BCUT2D eigenvalue weighted by atomic mass is 10.1. The number of carbonyl (C=O) groups is 2. The van der Waals surface area contributed by atoms with Crippen molar-refractivity contribution >= 4 is 11.8 Å². The summed E-state index contributed by atoms with van der Waals surface area (Å²) < 4.78 is 5.73. The number of nitrogens with zero attached hydrogens (tertiary/aromatic N) is 1. The number of hydrogen-bond donors (Lipinski definition) is 1. The monoisotopic (exact) mass is 408 g/mol. The quantitative estimate of drug-likeness (QED) is 0.714. The van der Waals surface area contributed by atoms with Crippen molar-refractivity contribution in [3.05, 3.63) is 65.2 Å². The van der Waals surface area contributed by atoms with E-state index in [2.05, 4.69) is 5.32 Å². The molecule has 5 heteroatoms. The normalized spacial score (nSPS) is 14.9. The van der Waals surface area contributed by atoms with E-state index in [-0.39, 0.29) is 24.5 Å². The van der Waals surface area contributed by atoms with Gasteiger partial charge in [-0.3, -0.25) is 9.59 Å². The first kappa shape index (κ1) is 21.9. The van der Waals surface area contributed by atoms with E-state index < -0.39 is 6.04 Å². The summed E-state index contributed by atoms with van der Waals surface area (Å²) in [5.41, 5.74) is 3.19. The van der Waals surface area contributed by atoms with Crippen LogP contribution in [0.3, 0.4) is 0 Å². The summed E-state index contributed by atoms with van der Waals surface area (Å²) in [6, 6.07) is 15.3. The fraction of sp³-hybridized carbons (Fsp3) is 0.440. The van der Waals surface area contributed by atoms with Crippen LogP contribution in [0.15, 0.2) is 48.5 Å². The van der Waals surface area contributed by atoms with Gasteiger partial charge in [0.05, 0.1) is 0 Å². The molecule has 1 saturated carbocycles. The van der Waals surface area contributed by atoms with Crippen molar-refractivity contribution in [1.29, 1.82) is 0 Å². The Morgan fingerprint density at radius 1 is 1.07 bits per heavy atom. The summed E-state index contributed by atoms with van der Waals surface area (Å²) in [4.78, 5) is 27.6. The molecule has 0 aliphatic heterocycles.